The third kappa shape index (κ3) is 4.57. The number of ether oxygens (including phenoxy) is 2. The van der Waals surface area contributed by atoms with Gasteiger partial charge in [-0.2, -0.15) is 9.40 Å². The lowest BCUT2D eigenvalue weighted by atomic mass is 10.2. The molecule has 3 heterocycles. The van der Waals surface area contributed by atoms with Crippen LogP contribution < -0.4 is 0 Å². The summed E-state index contributed by atoms with van der Waals surface area (Å²) in [4.78, 5) is 12.7. The van der Waals surface area contributed by atoms with Crippen LogP contribution >= 0.6 is 11.3 Å². The fourth-order valence-electron chi connectivity index (χ4n) is 3.41. The van der Waals surface area contributed by atoms with E-state index in [4.69, 9.17) is 9.47 Å². The summed E-state index contributed by atoms with van der Waals surface area (Å²) in [7, 11) is -3.76. The monoisotopic (exact) mass is 461 g/mol. The summed E-state index contributed by atoms with van der Waals surface area (Å²) < 4.78 is 39.6. The molecule has 1 aliphatic rings. The van der Waals surface area contributed by atoms with E-state index >= 15 is 0 Å². The molecule has 0 N–H and O–H groups in total. The van der Waals surface area contributed by atoms with Crippen molar-refractivity contribution in [3.8, 4) is 5.69 Å². The van der Waals surface area contributed by atoms with Gasteiger partial charge in [-0.1, -0.05) is 12.1 Å². The molecular weight excluding hydrogens is 438 g/mol. The van der Waals surface area contributed by atoms with Crippen LogP contribution in [0.3, 0.4) is 0 Å². The summed E-state index contributed by atoms with van der Waals surface area (Å²) >= 11 is 1.06. The Hall–Kier alpha value is -2.53. The summed E-state index contributed by atoms with van der Waals surface area (Å²) in [5.74, 6) is -0.649. The van der Waals surface area contributed by atoms with Gasteiger partial charge in [-0.25, -0.2) is 17.9 Å². The second-order valence-electron chi connectivity index (χ2n) is 7.21. The van der Waals surface area contributed by atoms with Crippen molar-refractivity contribution in [2.45, 2.75) is 25.3 Å². The number of benzene rings is 1. The zero-order valence-electron chi connectivity index (χ0n) is 17.3. The van der Waals surface area contributed by atoms with Gasteiger partial charge in [-0.05, 0) is 49.1 Å². The number of hydrogen-bond acceptors (Lipinski definition) is 7. The van der Waals surface area contributed by atoms with Crippen LogP contribution in [0.2, 0.25) is 0 Å². The molecule has 164 valence electrons. The lowest BCUT2D eigenvalue weighted by molar-refractivity contribution is 0.0473. The van der Waals surface area contributed by atoms with Crippen molar-refractivity contribution in [2.75, 3.05) is 26.3 Å². The Labute approximate surface area is 185 Å². The Kier molecular flexibility index (Phi) is 6.24. The van der Waals surface area contributed by atoms with Gasteiger partial charge in [0.2, 0.25) is 10.0 Å². The van der Waals surface area contributed by atoms with Crippen LogP contribution in [-0.2, 0) is 26.1 Å². The Morgan fingerprint density at radius 2 is 1.87 bits per heavy atom. The van der Waals surface area contributed by atoms with Gasteiger partial charge in [0.15, 0.2) is 0 Å². The van der Waals surface area contributed by atoms with Gasteiger partial charge in [0.05, 0.1) is 24.6 Å². The van der Waals surface area contributed by atoms with E-state index in [0.717, 1.165) is 34.0 Å². The zero-order chi connectivity index (χ0) is 22.0. The highest BCUT2D eigenvalue weighted by Crippen LogP contribution is 2.27. The first-order valence-corrected chi connectivity index (χ1v) is 12.1. The number of thiophene rings is 1. The highest BCUT2D eigenvalue weighted by Gasteiger charge is 2.31. The minimum atomic E-state index is -3.76. The van der Waals surface area contributed by atoms with Gasteiger partial charge >= 0.3 is 5.97 Å². The van der Waals surface area contributed by atoms with Gasteiger partial charge in [0.25, 0.3) is 0 Å². The largest absolute Gasteiger partial charge is 0.457 e. The second kappa shape index (κ2) is 8.91. The molecule has 0 spiro atoms. The van der Waals surface area contributed by atoms with Crippen molar-refractivity contribution >= 4 is 27.3 Å². The highest BCUT2D eigenvalue weighted by atomic mass is 32.2. The summed E-state index contributed by atoms with van der Waals surface area (Å²) in [6.45, 7) is 5.20. The SMILES string of the molecule is Cc1cc(C)n(-c2ccc(COC(=O)c3sccc3S(=O)(=O)N3CCOCC3)cc2)n1. The number of rotatable bonds is 6. The fourth-order valence-corrected chi connectivity index (χ4v) is 6.11. The van der Waals surface area contributed by atoms with E-state index < -0.39 is 16.0 Å². The van der Waals surface area contributed by atoms with E-state index in [1.807, 2.05) is 48.9 Å². The number of hydrogen-bond donors (Lipinski definition) is 0. The lowest BCUT2D eigenvalue weighted by Gasteiger charge is -2.25. The van der Waals surface area contributed by atoms with E-state index in [0.29, 0.717) is 13.2 Å². The molecular formula is C21H23N3O5S2. The van der Waals surface area contributed by atoms with Gasteiger partial charge in [0.1, 0.15) is 16.4 Å². The molecule has 4 rings (SSSR count). The molecule has 0 atom stereocenters. The highest BCUT2D eigenvalue weighted by molar-refractivity contribution is 7.89. The number of esters is 1. The number of nitrogens with zero attached hydrogens (tertiary/aromatic N) is 3. The van der Waals surface area contributed by atoms with Gasteiger partial charge in [-0.15, -0.1) is 11.3 Å². The number of sulfonamides is 1. The number of aryl methyl sites for hydroxylation is 2. The molecule has 0 amide bonds. The Balaban J connectivity index is 1.44. The molecule has 3 aromatic rings. The van der Waals surface area contributed by atoms with E-state index in [1.54, 1.807) is 5.38 Å². The van der Waals surface area contributed by atoms with Crippen molar-refractivity contribution in [3.05, 3.63) is 63.6 Å². The fraction of sp³-hybridized carbons (Fsp3) is 0.333. The number of aromatic nitrogens is 2. The maximum atomic E-state index is 12.9. The van der Waals surface area contributed by atoms with Crippen molar-refractivity contribution in [3.63, 3.8) is 0 Å². The summed E-state index contributed by atoms with van der Waals surface area (Å²) in [6, 6.07) is 11.0. The van der Waals surface area contributed by atoms with E-state index in [1.165, 1.54) is 10.4 Å². The molecule has 1 aliphatic heterocycles. The molecule has 0 saturated carbocycles. The summed E-state index contributed by atoms with van der Waals surface area (Å²) in [6.07, 6.45) is 0. The number of morpholine rings is 1. The predicted octanol–water partition coefficient (Wildman–Crippen LogP) is 2.93. The minimum absolute atomic E-state index is 0.00993. The molecule has 0 radical (unpaired) electrons. The molecule has 1 fully saturated rings. The standard InChI is InChI=1S/C21H23N3O5S2/c1-15-13-16(2)24(22-15)18-5-3-17(4-6-18)14-29-21(25)20-19(7-12-30-20)31(26,27)23-8-10-28-11-9-23/h3-7,12-13H,8-11,14H2,1-2H3. The third-order valence-electron chi connectivity index (χ3n) is 4.96. The van der Waals surface area contributed by atoms with Crippen molar-refractivity contribution in [1.82, 2.24) is 14.1 Å². The first kappa shape index (κ1) is 21.7. The van der Waals surface area contributed by atoms with Crippen LogP contribution in [-0.4, -0.2) is 54.8 Å². The van der Waals surface area contributed by atoms with Crippen LogP contribution in [0.5, 0.6) is 0 Å². The van der Waals surface area contributed by atoms with Crippen molar-refractivity contribution in [1.29, 1.82) is 0 Å². The van der Waals surface area contributed by atoms with E-state index in [2.05, 4.69) is 5.10 Å². The summed E-state index contributed by atoms with van der Waals surface area (Å²) in [5.41, 5.74) is 3.68. The first-order valence-electron chi connectivity index (χ1n) is 9.81. The predicted molar refractivity (Wildman–Crippen MR) is 116 cm³/mol. The average molecular weight is 462 g/mol. The van der Waals surface area contributed by atoms with Crippen LogP contribution in [0.15, 0.2) is 46.7 Å². The average Bonchev–Trinajstić information content (AvgIpc) is 3.40. The van der Waals surface area contributed by atoms with Crippen LogP contribution in [0.1, 0.15) is 26.6 Å². The van der Waals surface area contributed by atoms with E-state index in [9.17, 15) is 13.2 Å². The maximum absolute atomic E-state index is 12.9. The normalized spacial score (nSPS) is 15.2. The second-order valence-corrected chi connectivity index (χ2v) is 10.0. The topological polar surface area (TPSA) is 90.7 Å². The Bertz CT molecular complexity index is 1180. The minimum Gasteiger partial charge on any atom is -0.457 e. The van der Waals surface area contributed by atoms with Crippen LogP contribution in [0, 0.1) is 13.8 Å². The third-order valence-corrected chi connectivity index (χ3v) is 7.93. The van der Waals surface area contributed by atoms with Crippen molar-refractivity contribution < 1.29 is 22.7 Å². The molecule has 10 heteroatoms. The summed E-state index contributed by atoms with van der Waals surface area (Å²) in [5, 5.41) is 6.04. The van der Waals surface area contributed by atoms with Crippen LogP contribution in [0.4, 0.5) is 0 Å². The quantitative estimate of drug-likeness (QED) is 0.524. The maximum Gasteiger partial charge on any atom is 0.350 e. The molecule has 1 aromatic carbocycles. The molecule has 1 saturated heterocycles. The lowest BCUT2D eigenvalue weighted by Crippen LogP contribution is -2.40. The molecule has 8 nitrogen and oxygen atoms in total. The number of carbonyl (C=O) groups is 1. The first-order chi connectivity index (χ1) is 14.9. The molecule has 0 unspecified atom stereocenters. The molecule has 2 aromatic heterocycles. The zero-order valence-corrected chi connectivity index (χ0v) is 18.9. The number of carbonyl (C=O) groups excluding carboxylic acids is 1. The van der Waals surface area contributed by atoms with Crippen LogP contribution in [0.25, 0.3) is 5.69 Å². The molecule has 0 aliphatic carbocycles. The molecule has 31 heavy (non-hydrogen) atoms. The Morgan fingerprint density at radius 1 is 1.16 bits per heavy atom. The molecule has 0 bridgehead atoms. The van der Waals surface area contributed by atoms with Crippen molar-refractivity contribution in [2.24, 2.45) is 0 Å². The smallest absolute Gasteiger partial charge is 0.350 e. The van der Waals surface area contributed by atoms with E-state index in [-0.39, 0.29) is 29.5 Å². The van der Waals surface area contributed by atoms with Gasteiger partial charge < -0.3 is 9.47 Å². The van der Waals surface area contributed by atoms with Gasteiger partial charge in [0, 0.05) is 18.8 Å². The van der Waals surface area contributed by atoms with Gasteiger partial charge in [-0.3, -0.25) is 0 Å². The Morgan fingerprint density at radius 3 is 2.52 bits per heavy atom.